The van der Waals surface area contributed by atoms with E-state index in [0.717, 1.165) is 6.42 Å². The summed E-state index contributed by atoms with van der Waals surface area (Å²) in [6, 6.07) is -0.459. The Morgan fingerprint density at radius 2 is 1.94 bits per heavy atom. The highest BCUT2D eigenvalue weighted by Crippen LogP contribution is 2.46. The van der Waals surface area contributed by atoms with Crippen molar-refractivity contribution in [3.8, 4) is 0 Å². The van der Waals surface area contributed by atoms with Crippen LogP contribution in [0, 0.1) is 5.92 Å². The zero-order valence-corrected chi connectivity index (χ0v) is 10.1. The first-order valence-corrected chi connectivity index (χ1v) is 6.05. The monoisotopic (exact) mass is 263 g/mol. The van der Waals surface area contributed by atoms with Crippen molar-refractivity contribution in [3.63, 3.8) is 0 Å². The van der Waals surface area contributed by atoms with Crippen LogP contribution in [0.1, 0.15) is 56.3 Å². The number of nitrogens with zero attached hydrogens (tertiary/aromatic N) is 2. The topological polar surface area (TPSA) is 64.9 Å². The minimum atomic E-state index is -4.21. The number of alkyl halides is 3. The molecule has 1 aliphatic carbocycles. The number of hydrogen-bond donors (Lipinski definition) is 1. The summed E-state index contributed by atoms with van der Waals surface area (Å²) in [7, 11) is 0. The molecule has 1 aromatic heterocycles. The molecule has 0 aromatic carbocycles. The van der Waals surface area contributed by atoms with E-state index in [1.54, 1.807) is 6.92 Å². The molecule has 0 saturated heterocycles. The second-order valence-corrected chi connectivity index (χ2v) is 4.81. The number of halogens is 3. The molecule has 1 aliphatic rings. The van der Waals surface area contributed by atoms with Gasteiger partial charge in [-0.2, -0.15) is 13.2 Å². The Morgan fingerprint density at radius 3 is 2.50 bits per heavy atom. The van der Waals surface area contributed by atoms with Crippen LogP contribution in [-0.4, -0.2) is 16.4 Å². The van der Waals surface area contributed by atoms with Gasteiger partial charge in [-0.3, -0.25) is 0 Å². The van der Waals surface area contributed by atoms with Crippen LogP contribution in [0.15, 0.2) is 4.42 Å². The molecule has 1 saturated carbocycles. The van der Waals surface area contributed by atoms with Gasteiger partial charge < -0.3 is 10.2 Å². The second-order valence-electron chi connectivity index (χ2n) is 4.81. The summed E-state index contributed by atoms with van der Waals surface area (Å²) in [4.78, 5) is 0. The van der Waals surface area contributed by atoms with Crippen LogP contribution in [0.25, 0.3) is 0 Å². The molecule has 0 amide bonds. The van der Waals surface area contributed by atoms with Gasteiger partial charge >= 0.3 is 6.18 Å². The summed E-state index contributed by atoms with van der Waals surface area (Å²) < 4.78 is 44.0. The van der Waals surface area contributed by atoms with Crippen LogP contribution in [0.2, 0.25) is 0 Å². The fourth-order valence-corrected chi connectivity index (χ4v) is 2.40. The van der Waals surface area contributed by atoms with Gasteiger partial charge in [-0.1, -0.05) is 12.8 Å². The standard InChI is InChI=1S/C11H16F3N3O/c1-6(15)9-16-17-10(18-9)7-4-2-3-5-8(7)11(12,13)14/h6-8H,2-5,15H2,1H3. The van der Waals surface area contributed by atoms with E-state index in [0.29, 0.717) is 12.8 Å². The molecule has 0 aliphatic heterocycles. The van der Waals surface area contributed by atoms with Gasteiger partial charge in [0.1, 0.15) is 0 Å². The fraction of sp³-hybridized carbons (Fsp3) is 0.818. The molecule has 7 heteroatoms. The summed E-state index contributed by atoms with van der Waals surface area (Å²) in [5.41, 5.74) is 5.56. The lowest BCUT2D eigenvalue weighted by atomic mass is 9.79. The van der Waals surface area contributed by atoms with E-state index in [1.165, 1.54) is 0 Å². The lowest BCUT2D eigenvalue weighted by Gasteiger charge is -2.30. The maximum atomic E-state index is 12.9. The van der Waals surface area contributed by atoms with Gasteiger partial charge in [0.15, 0.2) is 0 Å². The normalized spacial score (nSPS) is 27.2. The molecule has 0 bridgehead atoms. The number of aromatic nitrogens is 2. The van der Waals surface area contributed by atoms with E-state index in [9.17, 15) is 13.2 Å². The molecule has 1 fully saturated rings. The quantitative estimate of drug-likeness (QED) is 0.891. The van der Waals surface area contributed by atoms with Gasteiger partial charge in [0, 0.05) is 5.92 Å². The summed E-state index contributed by atoms with van der Waals surface area (Å²) in [6.07, 6.45) is -2.30. The van der Waals surface area contributed by atoms with Gasteiger partial charge in [0.25, 0.3) is 0 Å². The molecule has 18 heavy (non-hydrogen) atoms. The number of nitrogens with two attached hydrogens (primary N) is 1. The largest absolute Gasteiger partial charge is 0.423 e. The minimum Gasteiger partial charge on any atom is -0.423 e. The first-order valence-electron chi connectivity index (χ1n) is 6.05. The molecule has 2 rings (SSSR count). The zero-order chi connectivity index (χ0) is 13.3. The summed E-state index contributed by atoms with van der Waals surface area (Å²) >= 11 is 0. The predicted octanol–water partition coefficient (Wildman–Crippen LogP) is 2.93. The van der Waals surface area contributed by atoms with E-state index < -0.39 is 24.1 Å². The highest BCUT2D eigenvalue weighted by molar-refractivity contribution is 5.00. The molecular formula is C11H16F3N3O. The van der Waals surface area contributed by atoms with Gasteiger partial charge in [0.05, 0.1) is 12.0 Å². The van der Waals surface area contributed by atoms with Crippen molar-refractivity contribution in [1.82, 2.24) is 10.2 Å². The third kappa shape index (κ3) is 2.66. The maximum Gasteiger partial charge on any atom is 0.392 e. The Morgan fingerprint density at radius 1 is 1.28 bits per heavy atom. The summed E-state index contributed by atoms with van der Waals surface area (Å²) in [6.45, 7) is 1.65. The third-order valence-corrected chi connectivity index (χ3v) is 3.35. The Bertz CT molecular complexity index is 402. The van der Waals surface area contributed by atoms with E-state index in [4.69, 9.17) is 10.2 Å². The van der Waals surface area contributed by atoms with Crippen LogP contribution in [-0.2, 0) is 0 Å². The lowest BCUT2D eigenvalue weighted by Crippen LogP contribution is -2.31. The average molecular weight is 263 g/mol. The zero-order valence-electron chi connectivity index (χ0n) is 10.1. The molecule has 1 aromatic rings. The Kier molecular flexibility index (Phi) is 3.61. The first-order chi connectivity index (χ1) is 8.39. The van der Waals surface area contributed by atoms with Crippen molar-refractivity contribution >= 4 is 0 Å². The SMILES string of the molecule is CC(N)c1nnc(C2CCCCC2C(F)(F)F)o1. The van der Waals surface area contributed by atoms with Crippen LogP contribution in [0.4, 0.5) is 13.2 Å². The third-order valence-electron chi connectivity index (χ3n) is 3.35. The maximum absolute atomic E-state index is 12.9. The van der Waals surface area contributed by atoms with Crippen molar-refractivity contribution in [2.45, 2.75) is 50.7 Å². The van der Waals surface area contributed by atoms with Gasteiger partial charge in [-0.15, -0.1) is 10.2 Å². The van der Waals surface area contributed by atoms with Gasteiger partial charge in [-0.05, 0) is 19.8 Å². The molecule has 4 nitrogen and oxygen atoms in total. The van der Waals surface area contributed by atoms with Gasteiger partial charge in [-0.25, -0.2) is 0 Å². The van der Waals surface area contributed by atoms with Crippen molar-refractivity contribution in [2.75, 3.05) is 0 Å². The molecule has 102 valence electrons. The number of rotatable bonds is 2. The van der Waals surface area contributed by atoms with E-state index >= 15 is 0 Å². The lowest BCUT2D eigenvalue weighted by molar-refractivity contribution is -0.188. The van der Waals surface area contributed by atoms with Crippen molar-refractivity contribution < 1.29 is 17.6 Å². The van der Waals surface area contributed by atoms with Crippen molar-refractivity contribution in [1.29, 1.82) is 0 Å². The Balaban J connectivity index is 2.22. The Labute approximate surface area is 103 Å². The number of hydrogen-bond acceptors (Lipinski definition) is 4. The molecule has 1 heterocycles. The smallest absolute Gasteiger partial charge is 0.392 e. The van der Waals surface area contributed by atoms with Gasteiger partial charge in [0.2, 0.25) is 11.8 Å². The fourth-order valence-electron chi connectivity index (χ4n) is 2.40. The molecule has 0 radical (unpaired) electrons. The highest BCUT2D eigenvalue weighted by Gasteiger charge is 2.47. The molecule has 2 N–H and O–H groups in total. The Hall–Kier alpha value is -1.11. The van der Waals surface area contributed by atoms with E-state index in [2.05, 4.69) is 10.2 Å². The van der Waals surface area contributed by atoms with Crippen molar-refractivity contribution in [3.05, 3.63) is 11.8 Å². The molecule has 0 spiro atoms. The van der Waals surface area contributed by atoms with Crippen LogP contribution < -0.4 is 5.73 Å². The van der Waals surface area contributed by atoms with Crippen LogP contribution in [0.5, 0.6) is 0 Å². The minimum absolute atomic E-state index is 0.0734. The van der Waals surface area contributed by atoms with Crippen molar-refractivity contribution in [2.24, 2.45) is 11.7 Å². The average Bonchev–Trinajstić information content (AvgIpc) is 2.77. The van der Waals surface area contributed by atoms with Crippen LogP contribution >= 0.6 is 0 Å². The summed E-state index contributed by atoms with van der Waals surface area (Å²) in [5, 5.41) is 7.43. The van der Waals surface area contributed by atoms with E-state index in [-0.39, 0.29) is 18.2 Å². The predicted molar refractivity (Wildman–Crippen MR) is 57.7 cm³/mol. The summed E-state index contributed by atoms with van der Waals surface area (Å²) in [5.74, 6) is -1.84. The molecular weight excluding hydrogens is 247 g/mol. The molecule has 3 atom stereocenters. The second kappa shape index (κ2) is 4.87. The van der Waals surface area contributed by atoms with E-state index in [1.807, 2.05) is 0 Å². The first kappa shape index (κ1) is 13.3. The van der Waals surface area contributed by atoms with Crippen LogP contribution in [0.3, 0.4) is 0 Å². The highest BCUT2D eigenvalue weighted by atomic mass is 19.4. The molecule has 3 unspecified atom stereocenters.